The summed E-state index contributed by atoms with van der Waals surface area (Å²) in [6, 6.07) is 0. The summed E-state index contributed by atoms with van der Waals surface area (Å²) >= 11 is 0. The molecule has 0 aliphatic heterocycles. The SMILES string of the molecule is [CH2]CCC(CCC)CCCCCCCCCCCCCCCCC. The first-order chi connectivity index (χ1) is 11.8. The van der Waals surface area contributed by atoms with Gasteiger partial charge in [0.25, 0.3) is 0 Å². The molecule has 0 aromatic heterocycles. The van der Waals surface area contributed by atoms with Crippen LogP contribution >= 0.6 is 0 Å². The van der Waals surface area contributed by atoms with E-state index in [1.165, 1.54) is 122 Å². The van der Waals surface area contributed by atoms with Gasteiger partial charge in [-0.05, 0) is 5.92 Å². The molecular weight excluding hydrogens is 288 g/mol. The van der Waals surface area contributed by atoms with Crippen molar-refractivity contribution in [2.75, 3.05) is 0 Å². The first-order valence-electron chi connectivity index (χ1n) is 11.6. The minimum atomic E-state index is 0.967. The Bertz CT molecular complexity index is 202. The molecule has 0 amide bonds. The molecule has 0 saturated carbocycles. The van der Waals surface area contributed by atoms with Gasteiger partial charge in [0.2, 0.25) is 0 Å². The van der Waals surface area contributed by atoms with Crippen molar-refractivity contribution in [2.45, 2.75) is 142 Å². The Balaban J connectivity index is 3.14. The molecule has 0 heteroatoms. The van der Waals surface area contributed by atoms with E-state index in [4.69, 9.17) is 0 Å². The number of hydrogen-bond donors (Lipinski definition) is 0. The summed E-state index contributed by atoms with van der Waals surface area (Å²) < 4.78 is 0. The second kappa shape index (κ2) is 21.0. The van der Waals surface area contributed by atoms with E-state index < -0.39 is 0 Å². The van der Waals surface area contributed by atoms with E-state index in [-0.39, 0.29) is 0 Å². The van der Waals surface area contributed by atoms with Crippen molar-refractivity contribution in [1.82, 2.24) is 0 Å². The zero-order valence-electron chi connectivity index (χ0n) is 17.4. The van der Waals surface area contributed by atoms with Crippen molar-refractivity contribution in [3.8, 4) is 0 Å². The largest absolute Gasteiger partial charge is 0.0654 e. The topological polar surface area (TPSA) is 0 Å². The molecule has 0 nitrogen and oxygen atoms in total. The van der Waals surface area contributed by atoms with E-state index in [9.17, 15) is 0 Å². The monoisotopic (exact) mass is 337 g/mol. The standard InChI is InChI=1S/C24H49/c1-4-7-8-9-10-11-12-13-14-15-16-17-18-19-20-23-24(21-5-2)22-6-3/h24H,2,4-23H2,1,3H3. The van der Waals surface area contributed by atoms with Crippen molar-refractivity contribution in [2.24, 2.45) is 5.92 Å². The molecule has 1 atom stereocenters. The highest BCUT2D eigenvalue weighted by molar-refractivity contribution is 4.60. The van der Waals surface area contributed by atoms with Gasteiger partial charge in [-0.2, -0.15) is 0 Å². The molecule has 0 rings (SSSR count). The van der Waals surface area contributed by atoms with E-state index in [0.29, 0.717) is 0 Å². The molecule has 0 bridgehead atoms. The Morgan fingerprint density at radius 3 is 1.25 bits per heavy atom. The molecule has 1 radical (unpaired) electrons. The summed E-state index contributed by atoms with van der Waals surface area (Å²) in [5.41, 5.74) is 0. The summed E-state index contributed by atoms with van der Waals surface area (Å²) in [6.45, 7) is 8.65. The lowest BCUT2D eigenvalue weighted by Crippen LogP contribution is -1.99. The van der Waals surface area contributed by atoms with Gasteiger partial charge in [0.05, 0.1) is 0 Å². The Kier molecular flexibility index (Phi) is 21.0. The van der Waals surface area contributed by atoms with Crippen LogP contribution in [0.15, 0.2) is 0 Å². The lowest BCUT2D eigenvalue weighted by Gasteiger charge is -2.14. The van der Waals surface area contributed by atoms with Crippen LogP contribution < -0.4 is 0 Å². The van der Waals surface area contributed by atoms with Crippen molar-refractivity contribution < 1.29 is 0 Å². The Labute approximate surface area is 155 Å². The highest BCUT2D eigenvalue weighted by Gasteiger charge is 2.05. The normalized spacial score (nSPS) is 11.5. The lowest BCUT2D eigenvalue weighted by atomic mass is 9.92. The van der Waals surface area contributed by atoms with Crippen LogP contribution in [0, 0.1) is 12.8 Å². The van der Waals surface area contributed by atoms with Crippen molar-refractivity contribution >= 4 is 0 Å². The summed E-state index contributed by atoms with van der Waals surface area (Å²) in [5, 5.41) is 0. The fourth-order valence-electron chi connectivity index (χ4n) is 3.93. The summed E-state index contributed by atoms with van der Waals surface area (Å²) in [5.74, 6) is 0.967. The molecule has 0 saturated heterocycles. The average molecular weight is 338 g/mol. The molecule has 0 spiro atoms. The molecular formula is C24H49. The Morgan fingerprint density at radius 1 is 0.458 bits per heavy atom. The predicted molar refractivity (Wildman–Crippen MR) is 113 cm³/mol. The van der Waals surface area contributed by atoms with Crippen LogP contribution in [-0.4, -0.2) is 0 Å². The van der Waals surface area contributed by atoms with Crippen LogP contribution in [0.1, 0.15) is 142 Å². The van der Waals surface area contributed by atoms with Gasteiger partial charge >= 0.3 is 0 Å². The van der Waals surface area contributed by atoms with Crippen LogP contribution in [0.25, 0.3) is 0 Å². The number of unbranched alkanes of at least 4 members (excludes halogenated alkanes) is 14. The highest BCUT2D eigenvalue weighted by atomic mass is 14.1. The zero-order valence-corrected chi connectivity index (χ0v) is 17.4. The average Bonchev–Trinajstić information content (AvgIpc) is 2.58. The van der Waals surface area contributed by atoms with Crippen LogP contribution in [0.5, 0.6) is 0 Å². The molecule has 0 aliphatic rings. The second-order valence-corrected chi connectivity index (χ2v) is 8.04. The molecule has 0 fully saturated rings. The predicted octanol–water partition coefficient (Wildman–Crippen LogP) is 9.28. The molecule has 0 aromatic carbocycles. The lowest BCUT2D eigenvalue weighted by molar-refractivity contribution is 0.396. The smallest absolute Gasteiger partial charge is 0.0414 e. The molecule has 24 heavy (non-hydrogen) atoms. The van der Waals surface area contributed by atoms with Crippen LogP contribution in [0.2, 0.25) is 0 Å². The fourth-order valence-corrected chi connectivity index (χ4v) is 3.93. The quantitative estimate of drug-likeness (QED) is 0.194. The number of hydrogen-bond acceptors (Lipinski definition) is 0. The van der Waals surface area contributed by atoms with Gasteiger partial charge in [-0.25, -0.2) is 0 Å². The molecule has 1 unspecified atom stereocenters. The maximum Gasteiger partial charge on any atom is -0.0414 e. The second-order valence-electron chi connectivity index (χ2n) is 8.04. The van der Waals surface area contributed by atoms with E-state index in [2.05, 4.69) is 20.8 Å². The van der Waals surface area contributed by atoms with E-state index in [1.54, 1.807) is 0 Å². The molecule has 0 aromatic rings. The van der Waals surface area contributed by atoms with Crippen molar-refractivity contribution in [1.29, 1.82) is 0 Å². The van der Waals surface area contributed by atoms with Crippen LogP contribution in [0.3, 0.4) is 0 Å². The van der Waals surface area contributed by atoms with Gasteiger partial charge in [0.15, 0.2) is 0 Å². The van der Waals surface area contributed by atoms with E-state index >= 15 is 0 Å². The summed E-state index contributed by atoms with van der Waals surface area (Å²) in [4.78, 5) is 0. The molecule has 145 valence electrons. The van der Waals surface area contributed by atoms with E-state index in [0.717, 1.165) is 12.3 Å². The third kappa shape index (κ3) is 18.3. The van der Waals surface area contributed by atoms with Gasteiger partial charge < -0.3 is 0 Å². The highest BCUT2D eigenvalue weighted by Crippen LogP contribution is 2.21. The maximum absolute atomic E-state index is 4.03. The summed E-state index contributed by atoms with van der Waals surface area (Å²) in [7, 11) is 0. The van der Waals surface area contributed by atoms with Gasteiger partial charge in [0, 0.05) is 0 Å². The first-order valence-corrected chi connectivity index (χ1v) is 11.6. The molecule has 0 N–H and O–H groups in total. The third-order valence-electron chi connectivity index (χ3n) is 5.53. The van der Waals surface area contributed by atoms with Gasteiger partial charge in [0.1, 0.15) is 0 Å². The van der Waals surface area contributed by atoms with E-state index in [1.807, 2.05) is 0 Å². The van der Waals surface area contributed by atoms with Crippen molar-refractivity contribution in [3.63, 3.8) is 0 Å². The zero-order chi connectivity index (χ0) is 17.7. The molecule has 0 aliphatic carbocycles. The maximum atomic E-state index is 4.03. The van der Waals surface area contributed by atoms with Crippen molar-refractivity contribution in [3.05, 3.63) is 6.92 Å². The van der Waals surface area contributed by atoms with Gasteiger partial charge in [-0.3, -0.25) is 0 Å². The Hall–Kier alpha value is 0. The third-order valence-corrected chi connectivity index (χ3v) is 5.53. The minimum Gasteiger partial charge on any atom is -0.0654 e. The summed E-state index contributed by atoms with van der Waals surface area (Å²) in [6.07, 6.45) is 28.7. The first kappa shape index (κ1) is 24.0. The van der Waals surface area contributed by atoms with Crippen LogP contribution in [0.4, 0.5) is 0 Å². The Morgan fingerprint density at radius 2 is 0.875 bits per heavy atom. The van der Waals surface area contributed by atoms with Gasteiger partial charge in [-0.15, -0.1) is 0 Å². The molecule has 0 heterocycles. The van der Waals surface area contributed by atoms with Crippen LogP contribution in [-0.2, 0) is 0 Å². The minimum absolute atomic E-state index is 0.967. The fraction of sp³-hybridized carbons (Fsp3) is 0.958. The van der Waals surface area contributed by atoms with Gasteiger partial charge in [-0.1, -0.05) is 149 Å². The number of rotatable bonds is 20.